The van der Waals surface area contributed by atoms with Crippen molar-refractivity contribution in [3.8, 4) is 0 Å². The number of hydrogen-bond acceptors (Lipinski definition) is 4. The van der Waals surface area contributed by atoms with Crippen LogP contribution in [0.2, 0.25) is 0 Å². The van der Waals surface area contributed by atoms with Crippen molar-refractivity contribution < 1.29 is 19.1 Å². The quantitative estimate of drug-likeness (QED) is 0.260. The van der Waals surface area contributed by atoms with Crippen LogP contribution in [0.4, 0.5) is 4.79 Å². The summed E-state index contributed by atoms with van der Waals surface area (Å²) in [5.74, 6) is -0.513. The SMILES string of the molecule is CC(C)(C)OC(=O)N[C@H](Cc1cn(CC=Cc2ccccc2)c2ccccc12)C(=O)OCc1ccccc1. The van der Waals surface area contributed by atoms with Crippen molar-refractivity contribution in [1.82, 2.24) is 9.88 Å². The van der Waals surface area contributed by atoms with Crippen LogP contribution in [0.3, 0.4) is 0 Å². The Balaban J connectivity index is 1.55. The minimum absolute atomic E-state index is 0.123. The van der Waals surface area contributed by atoms with Crippen molar-refractivity contribution in [1.29, 1.82) is 0 Å². The van der Waals surface area contributed by atoms with Crippen LogP contribution in [-0.4, -0.2) is 28.3 Å². The highest BCUT2D eigenvalue weighted by molar-refractivity contribution is 5.86. The van der Waals surface area contributed by atoms with Gasteiger partial charge in [0.25, 0.3) is 0 Å². The third-order valence-electron chi connectivity index (χ3n) is 5.91. The van der Waals surface area contributed by atoms with Crippen molar-refractivity contribution in [3.63, 3.8) is 0 Å². The lowest BCUT2D eigenvalue weighted by atomic mass is 10.1. The Morgan fingerprint density at radius 2 is 1.58 bits per heavy atom. The standard InChI is InChI=1S/C32H34N2O4/c1-32(2,3)38-31(36)33-28(30(35)37-23-25-15-8-5-9-16-25)21-26-22-34(29-19-11-10-18-27(26)29)20-12-17-24-13-6-4-7-14-24/h4-19,22,28H,20-21,23H2,1-3H3,(H,33,36)/t28-/m1/s1. The van der Waals surface area contributed by atoms with E-state index in [2.05, 4.69) is 40.2 Å². The molecule has 196 valence electrons. The van der Waals surface area contributed by atoms with Crippen molar-refractivity contribution in [2.75, 3.05) is 0 Å². The maximum Gasteiger partial charge on any atom is 0.408 e. The summed E-state index contributed by atoms with van der Waals surface area (Å²) in [6.07, 6.45) is 5.84. The molecule has 0 aliphatic heterocycles. The van der Waals surface area contributed by atoms with E-state index in [1.165, 1.54) is 0 Å². The highest BCUT2D eigenvalue weighted by atomic mass is 16.6. The average molecular weight is 511 g/mol. The second-order valence-corrected chi connectivity index (χ2v) is 10.1. The smallest absolute Gasteiger partial charge is 0.408 e. The molecule has 0 radical (unpaired) electrons. The van der Waals surface area contributed by atoms with Gasteiger partial charge in [-0.05, 0) is 43.5 Å². The molecule has 0 fully saturated rings. The van der Waals surface area contributed by atoms with E-state index in [0.29, 0.717) is 6.54 Å². The van der Waals surface area contributed by atoms with Crippen LogP contribution in [0.25, 0.3) is 17.0 Å². The molecule has 4 rings (SSSR count). The lowest BCUT2D eigenvalue weighted by molar-refractivity contribution is -0.147. The molecule has 0 saturated carbocycles. The van der Waals surface area contributed by atoms with E-state index in [0.717, 1.165) is 27.6 Å². The Labute approximate surface area is 223 Å². The van der Waals surface area contributed by atoms with Crippen molar-refractivity contribution in [2.45, 2.75) is 52.0 Å². The van der Waals surface area contributed by atoms with Gasteiger partial charge < -0.3 is 19.4 Å². The Morgan fingerprint density at radius 3 is 2.29 bits per heavy atom. The van der Waals surface area contributed by atoms with Crippen LogP contribution in [0.1, 0.15) is 37.5 Å². The Hall–Kier alpha value is -4.32. The molecule has 0 unspecified atom stereocenters. The topological polar surface area (TPSA) is 69.6 Å². The largest absolute Gasteiger partial charge is 0.459 e. The summed E-state index contributed by atoms with van der Waals surface area (Å²) in [6.45, 7) is 6.14. The highest BCUT2D eigenvalue weighted by Gasteiger charge is 2.27. The molecule has 4 aromatic rings. The minimum Gasteiger partial charge on any atom is -0.459 e. The number of ether oxygens (including phenoxy) is 2. The number of alkyl carbamates (subject to hydrolysis) is 1. The fraction of sp³-hybridized carbons (Fsp3) is 0.250. The molecule has 3 aromatic carbocycles. The van der Waals surface area contributed by atoms with Gasteiger partial charge in [-0.1, -0.05) is 91.0 Å². The second kappa shape index (κ2) is 12.3. The third kappa shape index (κ3) is 7.59. The first-order chi connectivity index (χ1) is 18.3. The first-order valence-electron chi connectivity index (χ1n) is 12.8. The molecule has 0 bridgehead atoms. The Morgan fingerprint density at radius 1 is 0.921 bits per heavy atom. The first-order valence-corrected chi connectivity index (χ1v) is 12.8. The van der Waals surface area contributed by atoms with E-state index in [-0.39, 0.29) is 13.0 Å². The molecule has 0 aliphatic rings. The number of benzene rings is 3. The van der Waals surface area contributed by atoms with Gasteiger partial charge in [-0.15, -0.1) is 0 Å². The first kappa shape index (κ1) is 26.7. The number of nitrogens with zero attached hydrogens (tertiary/aromatic N) is 1. The number of esters is 1. The van der Waals surface area contributed by atoms with Crippen molar-refractivity contribution in [2.24, 2.45) is 0 Å². The molecule has 6 nitrogen and oxygen atoms in total. The highest BCUT2D eigenvalue weighted by Crippen LogP contribution is 2.23. The van der Waals surface area contributed by atoms with E-state index in [1.54, 1.807) is 20.8 Å². The fourth-order valence-corrected chi connectivity index (χ4v) is 4.20. The second-order valence-electron chi connectivity index (χ2n) is 10.1. The van der Waals surface area contributed by atoms with Crippen LogP contribution in [0, 0.1) is 0 Å². The Kier molecular flexibility index (Phi) is 8.64. The maximum atomic E-state index is 13.2. The number of rotatable bonds is 9. The minimum atomic E-state index is -0.910. The molecule has 1 N–H and O–H groups in total. The number of nitrogens with one attached hydrogen (secondary N) is 1. The number of aromatic nitrogens is 1. The van der Waals surface area contributed by atoms with E-state index < -0.39 is 23.7 Å². The molecule has 0 spiro atoms. The summed E-state index contributed by atoms with van der Waals surface area (Å²) < 4.78 is 13.2. The normalized spacial score (nSPS) is 12.4. The fourth-order valence-electron chi connectivity index (χ4n) is 4.20. The number of carbonyl (C=O) groups excluding carboxylic acids is 2. The van der Waals surface area contributed by atoms with Gasteiger partial charge >= 0.3 is 12.1 Å². The monoisotopic (exact) mass is 510 g/mol. The predicted molar refractivity (Wildman–Crippen MR) is 151 cm³/mol. The van der Waals surface area contributed by atoms with E-state index in [4.69, 9.17) is 9.47 Å². The summed E-state index contributed by atoms with van der Waals surface area (Å²) in [6, 6.07) is 26.7. The van der Waals surface area contributed by atoms with Crippen LogP contribution in [0.15, 0.2) is 97.2 Å². The Bertz CT molecular complexity index is 1390. The summed E-state index contributed by atoms with van der Waals surface area (Å²) in [5.41, 5.74) is 3.30. The molecule has 0 saturated heterocycles. The number of carbonyl (C=O) groups is 2. The molecular weight excluding hydrogens is 476 g/mol. The van der Waals surface area contributed by atoms with Crippen molar-refractivity contribution in [3.05, 3.63) is 114 Å². The van der Waals surface area contributed by atoms with Gasteiger partial charge in [-0.25, -0.2) is 9.59 Å². The van der Waals surface area contributed by atoms with Crippen LogP contribution in [-0.2, 0) is 33.8 Å². The van der Waals surface area contributed by atoms with E-state index in [9.17, 15) is 9.59 Å². The number of fused-ring (bicyclic) bond motifs is 1. The molecule has 6 heteroatoms. The number of amides is 1. The number of para-hydroxylation sites is 1. The molecule has 1 atom stereocenters. The maximum absolute atomic E-state index is 13.2. The van der Waals surface area contributed by atoms with Gasteiger partial charge in [0, 0.05) is 30.1 Å². The zero-order valence-electron chi connectivity index (χ0n) is 22.1. The molecule has 1 amide bonds. The lowest BCUT2D eigenvalue weighted by Crippen LogP contribution is -2.45. The zero-order chi connectivity index (χ0) is 27.0. The summed E-state index contributed by atoms with van der Waals surface area (Å²) in [4.78, 5) is 25.8. The number of allylic oxidation sites excluding steroid dienone is 1. The number of hydrogen-bond donors (Lipinski definition) is 1. The molecular formula is C32H34N2O4. The van der Waals surface area contributed by atoms with Gasteiger partial charge in [0.2, 0.25) is 0 Å². The summed E-state index contributed by atoms with van der Waals surface area (Å²) in [7, 11) is 0. The van der Waals surface area contributed by atoms with Crippen LogP contribution in [0.5, 0.6) is 0 Å². The average Bonchev–Trinajstić information content (AvgIpc) is 3.24. The molecule has 38 heavy (non-hydrogen) atoms. The van der Waals surface area contributed by atoms with Gasteiger partial charge in [0.1, 0.15) is 18.2 Å². The zero-order valence-corrected chi connectivity index (χ0v) is 22.1. The summed E-state index contributed by atoms with van der Waals surface area (Å²) >= 11 is 0. The lowest BCUT2D eigenvalue weighted by Gasteiger charge is -2.23. The van der Waals surface area contributed by atoms with Gasteiger partial charge in [0.05, 0.1) is 0 Å². The molecule has 1 heterocycles. The van der Waals surface area contributed by atoms with Gasteiger partial charge in [-0.2, -0.15) is 0 Å². The van der Waals surface area contributed by atoms with Crippen LogP contribution < -0.4 is 5.32 Å². The van der Waals surface area contributed by atoms with E-state index in [1.807, 2.05) is 72.9 Å². The van der Waals surface area contributed by atoms with Crippen LogP contribution >= 0.6 is 0 Å². The predicted octanol–water partition coefficient (Wildman–Crippen LogP) is 6.53. The van der Waals surface area contributed by atoms with E-state index >= 15 is 0 Å². The van der Waals surface area contributed by atoms with Crippen molar-refractivity contribution >= 4 is 29.0 Å². The van der Waals surface area contributed by atoms with Gasteiger partial charge in [-0.3, -0.25) is 0 Å². The molecule has 0 aliphatic carbocycles. The van der Waals surface area contributed by atoms with Gasteiger partial charge in [0.15, 0.2) is 0 Å². The third-order valence-corrected chi connectivity index (χ3v) is 5.91. The molecule has 1 aromatic heterocycles. The summed E-state index contributed by atoms with van der Waals surface area (Å²) in [5, 5.41) is 3.76.